The van der Waals surface area contributed by atoms with Gasteiger partial charge in [-0.3, -0.25) is 9.89 Å². The van der Waals surface area contributed by atoms with E-state index in [1.165, 1.54) is 11.6 Å². The van der Waals surface area contributed by atoms with Crippen LogP contribution in [-0.4, -0.2) is 54.5 Å². The molecule has 3 aliphatic rings. The van der Waals surface area contributed by atoms with Gasteiger partial charge in [0.2, 0.25) is 0 Å². The van der Waals surface area contributed by atoms with Crippen molar-refractivity contribution in [3.8, 4) is 0 Å². The number of aliphatic hydroxyl groups is 1. The fourth-order valence-electron chi connectivity index (χ4n) is 5.04. The molecular weight excluding hydrogens is 653 g/mol. The van der Waals surface area contributed by atoms with Gasteiger partial charge in [-0.25, -0.2) is 0 Å². The predicted octanol–water partition coefficient (Wildman–Crippen LogP) is 4.49. The second-order valence-electron chi connectivity index (χ2n) is 8.85. The van der Waals surface area contributed by atoms with E-state index in [9.17, 15) is 18.3 Å². The minimum absolute atomic E-state index is 0. The van der Waals surface area contributed by atoms with Crippen molar-refractivity contribution >= 4 is 5.71 Å². The normalized spacial score (nSPS) is 22.0. The summed E-state index contributed by atoms with van der Waals surface area (Å²) in [6, 6.07) is 4.09. The number of aliphatic imine (C=N–C) groups is 1. The first-order chi connectivity index (χ1) is 15.4. The Balaban J connectivity index is 0.00000306. The number of piperidine rings is 1. The molecule has 0 bridgehead atoms. The topological polar surface area (TPSA) is 47.9 Å². The van der Waals surface area contributed by atoms with E-state index in [1.54, 1.807) is 0 Å². The molecule has 1 atom stereocenters. The molecule has 1 unspecified atom stereocenters. The molecule has 0 aromatic heterocycles. The molecule has 0 saturated carbocycles. The van der Waals surface area contributed by atoms with Gasteiger partial charge in [0.25, 0.3) is 0 Å². The Morgan fingerprint density at radius 1 is 1.15 bits per heavy atom. The number of aliphatic hydroxyl groups excluding tert-OH is 1. The molecule has 178 valence electrons. The van der Waals surface area contributed by atoms with Crippen LogP contribution in [0.5, 0.6) is 0 Å². The summed E-state index contributed by atoms with van der Waals surface area (Å²) in [5.74, 6) is 0. The fourth-order valence-corrected chi connectivity index (χ4v) is 5.04. The molecule has 2 N–H and O–H groups in total. The molecule has 0 amide bonds. The van der Waals surface area contributed by atoms with Crippen LogP contribution in [0.3, 0.4) is 0 Å². The first kappa shape index (κ1) is 26.4. The third-order valence-corrected chi connectivity index (χ3v) is 6.59. The van der Waals surface area contributed by atoms with Gasteiger partial charge in [-0.15, -0.1) is 11.6 Å². The van der Waals surface area contributed by atoms with Crippen LogP contribution in [0, 0.1) is 38.0 Å². The molecular formula is C25H31F3N3OU-. The standard InChI is InChI=1S/C25H31F3N3O.U/c1-17-15-18(25(26,27)28)8-9-20(17)24-22-7-3-2-6-21(22)23(10-11-29-24)30-19-5-4-12-31(16-19)13-14-32;/h8-10,15,19,30,32H,1-7,11-14,16H2;/q-1;. The van der Waals surface area contributed by atoms with Crippen molar-refractivity contribution in [2.75, 3.05) is 32.8 Å². The molecule has 2 aliphatic heterocycles. The zero-order chi connectivity index (χ0) is 22.7. The van der Waals surface area contributed by atoms with Gasteiger partial charge >= 0.3 is 6.18 Å². The quantitative estimate of drug-likeness (QED) is 0.450. The molecule has 1 fully saturated rings. The fraction of sp³-hybridized carbons (Fsp3) is 0.520. The Morgan fingerprint density at radius 2 is 1.91 bits per heavy atom. The van der Waals surface area contributed by atoms with Gasteiger partial charge < -0.3 is 10.4 Å². The Hall–Kier alpha value is -1.20. The van der Waals surface area contributed by atoms with Crippen molar-refractivity contribution in [3.63, 3.8) is 0 Å². The van der Waals surface area contributed by atoms with Gasteiger partial charge in [-0.05, 0) is 67.9 Å². The first-order valence-corrected chi connectivity index (χ1v) is 11.5. The summed E-state index contributed by atoms with van der Waals surface area (Å²) in [4.78, 5) is 7.08. The number of nitrogens with one attached hydrogen (secondary N) is 1. The summed E-state index contributed by atoms with van der Waals surface area (Å²) in [6.45, 7) is 7.17. The van der Waals surface area contributed by atoms with Gasteiger partial charge in [0.1, 0.15) is 0 Å². The molecule has 4 rings (SSSR count). The summed E-state index contributed by atoms with van der Waals surface area (Å²) in [5, 5.41) is 13.0. The molecule has 0 radical (unpaired) electrons. The molecule has 1 aliphatic carbocycles. The Bertz CT molecular complexity index is 937. The molecule has 2 heterocycles. The van der Waals surface area contributed by atoms with Crippen LogP contribution < -0.4 is 5.32 Å². The smallest absolute Gasteiger partial charge is 0.395 e. The Labute approximate surface area is 217 Å². The average Bonchev–Trinajstić information content (AvgIpc) is 2.93. The number of β-amino-alcohol motifs (C(OH)–C–C–N with tert-alkyl or cyclic N) is 1. The minimum atomic E-state index is -4.38. The van der Waals surface area contributed by atoms with E-state index in [2.05, 4.69) is 23.2 Å². The van der Waals surface area contributed by atoms with Crippen molar-refractivity contribution in [3.05, 3.63) is 64.7 Å². The Kier molecular flexibility index (Phi) is 9.19. The second-order valence-corrected chi connectivity index (χ2v) is 8.85. The molecule has 1 aromatic rings. The summed E-state index contributed by atoms with van der Waals surface area (Å²) in [7, 11) is 0. The van der Waals surface area contributed by atoms with Gasteiger partial charge in [-0.2, -0.15) is 31.7 Å². The molecule has 33 heavy (non-hydrogen) atoms. The van der Waals surface area contributed by atoms with E-state index in [4.69, 9.17) is 4.99 Å². The maximum Gasteiger partial charge on any atom is 0.405 e. The molecule has 1 saturated heterocycles. The van der Waals surface area contributed by atoms with Crippen molar-refractivity contribution in [1.29, 1.82) is 0 Å². The van der Waals surface area contributed by atoms with Crippen LogP contribution in [0.2, 0.25) is 0 Å². The van der Waals surface area contributed by atoms with E-state index < -0.39 is 11.7 Å². The van der Waals surface area contributed by atoms with Crippen LogP contribution in [0.15, 0.2) is 46.1 Å². The van der Waals surface area contributed by atoms with E-state index in [1.807, 2.05) is 0 Å². The van der Waals surface area contributed by atoms with E-state index in [0.29, 0.717) is 30.3 Å². The zero-order valence-corrected chi connectivity index (χ0v) is 23.0. The third kappa shape index (κ3) is 6.28. The van der Waals surface area contributed by atoms with Crippen molar-refractivity contribution in [2.45, 2.75) is 50.7 Å². The minimum Gasteiger partial charge on any atom is -0.395 e. The largest absolute Gasteiger partial charge is 0.405 e. The number of allylic oxidation sites excluding steroid dienone is 2. The summed E-state index contributed by atoms with van der Waals surface area (Å²) in [6.07, 6.45) is 3.86. The summed E-state index contributed by atoms with van der Waals surface area (Å²) >= 11 is 0. The summed E-state index contributed by atoms with van der Waals surface area (Å²) in [5.41, 5.74) is 4.66. The molecule has 0 spiro atoms. The van der Waals surface area contributed by atoms with Crippen LogP contribution in [-0.2, 0) is 6.18 Å². The maximum atomic E-state index is 13.1. The second kappa shape index (κ2) is 11.5. The third-order valence-electron chi connectivity index (χ3n) is 6.59. The number of hydrogen-bond donors (Lipinski definition) is 2. The Morgan fingerprint density at radius 3 is 2.61 bits per heavy atom. The van der Waals surface area contributed by atoms with Crippen LogP contribution in [0.25, 0.3) is 0 Å². The van der Waals surface area contributed by atoms with Crippen LogP contribution in [0.4, 0.5) is 13.2 Å². The van der Waals surface area contributed by atoms with Crippen LogP contribution >= 0.6 is 0 Å². The van der Waals surface area contributed by atoms with E-state index in [-0.39, 0.29) is 37.7 Å². The molecule has 4 nitrogen and oxygen atoms in total. The average molecular weight is 685 g/mol. The summed E-state index contributed by atoms with van der Waals surface area (Å²) < 4.78 is 39.4. The molecule has 8 heteroatoms. The number of hydrogen-bond acceptors (Lipinski definition) is 4. The molecule has 1 aromatic carbocycles. The maximum absolute atomic E-state index is 13.1. The number of alkyl halides is 3. The van der Waals surface area contributed by atoms with E-state index in [0.717, 1.165) is 80.7 Å². The monoisotopic (exact) mass is 684 g/mol. The number of halogens is 3. The van der Waals surface area contributed by atoms with Crippen molar-refractivity contribution in [1.82, 2.24) is 10.2 Å². The van der Waals surface area contributed by atoms with Gasteiger partial charge in [0.15, 0.2) is 0 Å². The number of nitrogens with zero attached hydrogens (tertiary/aromatic N) is 2. The van der Waals surface area contributed by atoms with Crippen LogP contribution in [0.1, 0.15) is 55.2 Å². The van der Waals surface area contributed by atoms with Gasteiger partial charge in [0, 0.05) is 61.7 Å². The van der Waals surface area contributed by atoms with Gasteiger partial charge in [0.05, 0.1) is 13.2 Å². The number of rotatable bonds is 5. The van der Waals surface area contributed by atoms with E-state index >= 15 is 0 Å². The van der Waals surface area contributed by atoms with Gasteiger partial charge in [-0.1, -0.05) is 6.07 Å². The van der Waals surface area contributed by atoms with Crippen molar-refractivity contribution < 1.29 is 49.4 Å². The number of likely N-dealkylation sites (tertiary alicyclic amines) is 1. The zero-order valence-electron chi connectivity index (χ0n) is 18.8. The first-order valence-electron chi connectivity index (χ1n) is 11.5. The number of benzene rings is 1. The predicted molar refractivity (Wildman–Crippen MR) is 121 cm³/mol. The SMILES string of the molecule is [CH2-]c1cc(C(F)(F)F)ccc1C1=NCC=C(NC2CCCN(CCO)C2)C2=C1CCCC2.[U]. The van der Waals surface area contributed by atoms with Crippen molar-refractivity contribution in [2.24, 2.45) is 4.99 Å².